The SMILES string of the molecule is CC/C=C(/NC1=C(C)CCN(C2Cc3ccc(Cl)cc3C2)C1)c1ccccc1Cl. The average Bonchev–Trinajstić information content (AvgIpc) is 3.13. The van der Waals surface area contributed by atoms with Crippen molar-refractivity contribution in [2.24, 2.45) is 0 Å². The standard InChI is InChI=1S/C25H28Cl2N2/c1-3-6-24(22-7-4-5-8-23(22)27)28-25-16-29(12-11-17(25)2)21-14-18-9-10-20(26)13-19(18)15-21/h4-10,13,21,28H,3,11-12,14-16H2,1-2H3/b24-6+. The van der Waals surface area contributed by atoms with Crippen LogP contribution in [0, 0.1) is 0 Å². The van der Waals surface area contributed by atoms with Gasteiger partial charge in [-0.2, -0.15) is 0 Å². The fourth-order valence-corrected chi connectivity index (χ4v) is 4.87. The van der Waals surface area contributed by atoms with Crippen LogP contribution in [0.2, 0.25) is 10.0 Å². The number of halogens is 2. The molecule has 0 radical (unpaired) electrons. The van der Waals surface area contributed by atoms with E-state index in [-0.39, 0.29) is 0 Å². The van der Waals surface area contributed by atoms with Crippen LogP contribution in [0.4, 0.5) is 0 Å². The smallest absolute Gasteiger partial charge is 0.0499 e. The van der Waals surface area contributed by atoms with E-state index in [1.54, 1.807) is 0 Å². The number of nitrogens with zero attached hydrogens (tertiary/aromatic N) is 1. The van der Waals surface area contributed by atoms with Gasteiger partial charge in [0.15, 0.2) is 0 Å². The van der Waals surface area contributed by atoms with Crippen molar-refractivity contribution in [3.63, 3.8) is 0 Å². The molecule has 0 aromatic heterocycles. The maximum Gasteiger partial charge on any atom is 0.0499 e. The molecule has 0 spiro atoms. The van der Waals surface area contributed by atoms with Crippen LogP contribution in [0.5, 0.6) is 0 Å². The predicted octanol–water partition coefficient (Wildman–Crippen LogP) is 6.48. The van der Waals surface area contributed by atoms with Gasteiger partial charge in [0, 0.05) is 46.1 Å². The van der Waals surface area contributed by atoms with E-state index in [0.29, 0.717) is 6.04 Å². The number of hydrogen-bond acceptors (Lipinski definition) is 2. The highest BCUT2D eigenvalue weighted by molar-refractivity contribution is 6.32. The molecule has 4 heteroatoms. The Hall–Kier alpha value is -1.74. The second kappa shape index (κ2) is 8.95. The van der Waals surface area contributed by atoms with E-state index in [0.717, 1.165) is 60.1 Å². The minimum Gasteiger partial charge on any atom is -0.358 e. The highest BCUT2D eigenvalue weighted by Gasteiger charge is 2.29. The Labute approximate surface area is 184 Å². The van der Waals surface area contributed by atoms with E-state index < -0.39 is 0 Å². The molecule has 0 saturated carbocycles. The number of rotatable bonds is 5. The molecule has 1 heterocycles. The largest absolute Gasteiger partial charge is 0.358 e. The van der Waals surface area contributed by atoms with Crippen molar-refractivity contribution >= 4 is 28.9 Å². The lowest BCUT2D eigenvalue weighted by atomic mass is 10.0. The van der Waals surface area contributed by atoms with Crippen molar-refractivity contribution in [1.82, 2.24) is 10.2 Å². The van der Waals surface area contributed by atoms with E-state index in [1.165, 1.54) is 22.4 Å². The summed E-state index contributed by atoms with van der Waals surface area (Å²) in [6.45, 7) is 6.47. The van der Waals surface area contributed by atoms with Crippen LogP contribution < -0.4 is 5.32 Å². The van der Waals surface area contributed by atoms with Gasteiger partial charge in [0.1, 0.15) is 0 Å². The van der Waals surface area contributed by atoms with Gasteiger partial charge in [0.2, 0.25) is 0 Å². The van der Waals surface area contributed by atoms with Crippen molar-refractivity contribution in [3.8, 4) is 0 Å². The van der Waals surface area contributed by atoms with Gasteiger partial charge in [-0.05, 0) is 61.9 Å². The Bertz CT molecular complexity index is 961. The molecule has 0 saturated heterocycles. The molecule has 1 atom stereocenters. The Morgan fingerprint density at radius 1 is 1.14 bits per heavy atom. The minimum absolute atomic E-state index is 0.548. The third-order valence-electron chi connectivity index (χ3n) is 6.10. The monoisotopic (exact) mass is 426 g/mol. The Balaban J connectivity index is 1.51. The summed E-state index contributed by atoms with van der Waals surface area (Å²) in [5.74, 6) is 0. The predicted molar refractivity (Wildman–Crippen MR) is 124 cm³/mol. The first kappa shape index (κ1) is 20.5. The topological polar surface area (TPSA) is 15.3 Å². The average molecular weight is 427 g/mol. The summed E-state index contributed by atoms with van der Waals surface area (Å²) >= 11 is 12.7. The molecule has 0 bridgehead atoms. The van der Waals surface area contributed by atoms with E-state index in [9.17, 15) is 0 Å². The fraction of sp³-hybridized carbons (Fsp3) is 0.360. The van der Waals surface area contributed by atoms with Crippen molar-refractivity contribution < 1.29 is 0 Å². The van der Waals surface area contributed by atoms with E-state index >= 15 is 0 Å². The van der Waals surface area contributed by atoms with E-state index in [1.807, 2.05) is 24.3 Å². The van der Waals surface area contributed by atoms with Gasteiger partial charge in [0.05, 0.1) is 0 Å². The minimum atomic E-state index is 0.548. The first-order valence-corrected chi connectivity index (χ1v) is 11.2. The number of benzene rings is 2. The summed E-state index contributed by atoms with van der Waals surface area (Å²) in [4.78, 5) is 2.62. The molecule has 152 valence electrons. The molecular formula is C25H28Cl2N2. The zero-order valence-corrected chi connectivity index (χ0v) is 18.7. The zero-order valence-electron chi connectivity index (χ0n) is 17.1. The van der Waals surface area contributed by atoms with Gasteiger partial charge in [0.25, 0.3) is 0 Å². The third kappa shape index (κ3) is 4.55. The normalized spacial score (nSPS) is 20.1. The van der Waals surface area contributed by atoms with Crippen LogP contribution in [0.1, 0.15) is 43.4 Å². The Morgan fingerprint density at radius 3 is 2.72 bits per heavy atom. The summed E-state index contributed by atoms with van der Waals surface area (Å²) in [5.41, 5.74) is 7.78. The molecular weight excluding hydrogens is 399 g/mol. The summed E-state index contributed by atoms with van der Waals surface area (Å²) in [7, 11) is 0. The fourth-order valence-electron chi connectivity index (χ4n) is 4.43. The number of nitrogens with one attached hydrogen (secondary N) is 1. The first-order chi connectivity index (χ1) is 14.0. The second-order valence-electron chi connectivity index (χ2n) is 8.09. The quantitative estimate of drug-likeness (QED) is 0.588. The van der Waals surface area contributed by atoms with Crippen LogP contribution in [0.25, 0.3) is 5.70 Å². The van der Waals surface area contributed by atoms with Crippen LogP contribution in [-0.2, 0) is 12.8 Å². The van der Waals surface area contributed by atoms with Crippen LogP contribution in [-0.4, -0.2) is 24.0 Å². The molecule has 0 amide bonds. The molecule has 2 aromatic rings. The van der Waals surface area contributed by atoms with Gasteiger partial charge < -0.3 is 5.32 Å². The van der Waals surface area contributed by atoms with Gasteiger partial charge >= 0.3 is 0 Å². The lowest BCUT2D eigenvalue weighted by molar-refractivity contribution is 0.207. The maximum atomic E-state index is 6.49. The van der Waals surface area contributed by atoms with Gasteiger partial charge in [-0.25, -0.2) is 0 Å². The Morgan fingerprint density at radius 2 is 1.93 bits per heavy atom. The zero-order chi connectivity index (χ0) is 20.4. The second-order valence-corrected chi connectivity index (χ2v) is 8.93. The van der Waals surface area contributed by atoms with Crippen LogP contribution >= 0.6 is 23.2 Å². The number of fused-ring (bicyclic) bond motifs is 1. The molecule has 1 aliphatic carbocycles. The summed E-state index contributed by atoms with van der Waals surface area (Å²) < 4.78 is 0. The molecule has 1 unspecified atom stereocenters. The van der Waals surface area contributed by atoms with Crippen molar-refractivity contribution in [2.45, 2.75) is 45.6 Å². The van der Waals surface area contributed by atoms with Crippen molar-refractivity contribution in [3.05, 3.63) is 86.5 Å². The van der Waals surface area contributed by atoms with Gasteiger partial charge in [-0.3, -0.25) is 4.90 Å². The van der Waals surface area contributed by atoms with Gasteiger partial charge in [-0.1, -0.05) is 66.0 Å². The van der Waals surface area contributed by atoms with Crippen LogP contribution in [0.3, 0.4) is 0 Å². The maximum absolute atomic E-state index is 6.49. The number of hydrogen-bond donors (Lipinski definition) is 1. The Kier molecular flexibility index (Phi) is 6.34. The lowest BCUT2D eigenvalue weighted by Gasteiger charge is -2.35. The summed E-state index contributed by atoms with van der Waals surface area (Å²) in [6, 6.07) is 15.0. The summed E-state index contributed by atoms with van der Waals surface area (Å²) in [5, 5.41) is 5.37. The highest BCUT2D eigenvalue weighted by Crippen LogP contribution is 2.31. The van der Waals surface area contributed by atoms with Crippen molar-refractivity contribution in [1.29, 1.82) is 0 Å². The molecule has 2 nitrogen and oxygen atoms in total. The van der Waals surface area contributed by atoms with Crippen molar-refractivity contribution in [2.75, 3.05) is 13.1 Å². The molecule has 2 aliphatic rings. The molecule has 2 aromatic carbocycles. The molecule has 1 aliphatic heterocycles. The third-order valence-corrected chi connectivity index (χ3v) is 6.67. The van der Waals surface area contributed by atoms with E-state index in [4.69, 9.17) is 23.2 Å². The molecule has 29 heavy (non-hydrogen) atoms. The highest BCUT2D eigenvalue weighted by atomic mass is 35.5. The van der Waals surface area contributed by atoms with Crippen LogP contribution in [0.15, 0.2) is 59.8 Å². The molecule has 0 fully saturated rings. The first-order valence-electron chi connectivity index (χ1n) is 10.5. The molecule has 4 rings (SSSR count). The number of allylic oxidation sites excluding steroid dienone is 1. The van der Waals surface area contributed by atoms with Gasteiger partial charge in [-0.15, -0.1) is 0 Å². The molecule has 1 N–H and O–H groups in total. The van der Waals surface area contributed by atoms with E-state index in [2.05, 4.69) is 48.3 Å². The lowest BCUT2D eigenvalue weighted by Crippen LogP contribution is -2.43. The summed E-state index contributed by atoms with van der Waals surface area (Å²) in [6.07, 6.45) is 6.49.